The number of nitrogens with zero attached hydrogens (tertiary/aromatic N) is 2. The summed E-state index contributed by atoms with van der Waals surface area (Å²) in [6.07, 6.45) is 7.90. The van der Waals surface area contributed by atoms with Crippen LogP contribution in [0.15, 0.2) is 30.9 Å². The molecule has 1 aromatic carbocycles. The van der Waals surface area contributed by atoms with E-state index < -0.39 is 6.04 Å². The van der Waals surface area contributed by atoms with Crippen molar-refractivity contribution in [3.05, 3.63) is 41.4 Å². The normalized spacial score (nSPS) is 15.9. The van der Waals surface area contributed by atoms with Crippen LogP contribution < -0.4 is 15.4 Å². The smallest absolute Gasteiger partial charge is 0.242 e. The highest BCUT2D eigenvalue weighted by molar-refractivity contribution is 7.98. The summed E-state index contributed by atoms with van der Waals surface area (Å²) in [5.41, 5.74) is 2.78. The fourth-order valence-electron chi connectivity index (χ4n) is 3.20. The van der Waals surface area contributed by atoms with Gasteiger partial charge in [0.1, 0.15) is 24.2 Å². The van der Waals surface area contributed by atoms with Crippen LogP contribution in [0.5, 0.6) is 5.75 Å². The first-order chi connectivity index (χ1) is 14.0. The number of fused-ring (bicyclic) bond motifs is 1. The van der Waals surface area contributed by atoms with E-state index in [4.69, 9.17) is 16.3 Å². The quantitative estimate of drug-likeness (QED) is 0.663. The van der Waals surface area contributed by atoms with Crippen LogP contribution in [0.2, 0.25) is 5.02 Å². The number of aromatic nitrogens is 2. The topological polar surface area (TPSA) is 93.2 Å². The molecule has 2 heterocycles. The second kappa shape index (κ2) is 9.93. The monoisotopic (exact) mass is 434 g/mol. The van der Waals surface area contributed by atoms with E-state index in [2.05, 4.69) is 20.6 Å². The maximum absolute atomic E-state index is 12.5. The Bertz CT molecular complexity index is 882. The van der Waals surface area contributed by atoms with Gasteiger partial charge in [-0.15, -0.1) is 0 Å². The number of rotatable bonds is 8. The lowest BCUT2D eigenvalue weighted by molar-refractivity contribution is -0.128. The van der Waals surface area contributed by atoms with Crippen molar-refractivity contribution >= 4 is 35.2 Å². The number of hydrogen-bond acceptors (Lipinski definition) is 6. The van der Waals surface area contributed by atoms with Crippen LogP contribution in [-0.2, 0) is 16.0 Å². The van der Waals surface area contributed by atoms with Gasteiger partial charge in [0.2, 0.25) is 11.8 Å². The maximum atomic E-state index is 12.5. The Kier molecular flexibility index (Phi) is 7.33. The molecule has 0 saturated heterocycles. The van der Waals surface area contributed by atoms with Gasteiger partial charge in [0.15, 0.2) is 0 Å². The van der Waals surface area contributed by atoms with Gasteiger partial charge < -0.3 is 15.4 Å². The minimum absolute atomic E-state index is 0.206. The number of nitrogens with one attached hydrogen (secondary N) is 2. The van der Waals surface area contributed by atoms with Crippen molar-refractivity contribution in [1.82, 2.24) is 20.6 Å². The number of thioether (sulfide) groups is 1. The van der Waals surface area contributed by atoms with Crippen LogP contribution in [0.25, 0.3) is 11.1 Å². The Morgan fingerprint density at radius 1 is 1.31 bits per heavy atom. The SMILES string of the molecule is CSCC[C@H](NC(C)=O)C(=O)NCC1Cc2cc(-c3cncnc3)cc(Cl)c2O1. The summed E-state index contributed by atoms with van der Waals surface area (Å²) in [5, 5.41) is 6.11. The number of halogens is 1. The number of amides is 2. The van der Waals surface area contributed by atoms with Crippen LogP contribution >= 0.6 is 23.4 Å². The van der Waals surface area contributed by atoms with Gasteiger partial charge in [0.25, 0.3) is 0 Å². The van der Waals surface area contributed by atoms with Crippen molar-refractivity contribution in [2.45, 2.75) is 31.9 Å². The van der Waals surface area contributed by atoms with E-state index in [1.807, 2.05) is 18.4 Å². The number of carbonyl (C=O) groups excluding carboxylic acids is 2. The molecule has 29 heavy (non-hydrogen) atoms. The van der Waals surface area contributed by atoms with E-state index in [-0.39, 0.29) is 17.9 Å². The van der Waals surface area contributed by atoms with E-state index in [0.29, 0.717) is 30.2 Å². The first kappa shape index (κ1) is 21.4. The molecular formula is C20H23ClN4O3S. The van der Waals surface area contributed by atoms with Gasteiger partial charge in [-0.25, -0.2) is 9.97 Å². The van der Waals surface area contributed by atoms with E-state index in [0.717, 1.165) is 22.4 Å². The number of hydrogen-bond donors (Lipinski definition) is 2. The van der Waals surface area contributed by atoms with Gasteiger partial charge in [-0.05, 0) is 36.1 Å². The summed E-state index contributed by atoms with van der Waals surface area (Å²) in [5.74, 6) is 1.00. The van der Waals surface area contributed by atoms with E-state index in [1.54, 1.807) is 24.2 Å². The molecule has 1 unspecified atom stereocenters. The van der Waals surface area contributed by atoms with Crippen molar-refractivity contribution in [2.24, 2.45) is 0 Å². The molecule has 2 N–H and O–H groups in total. The molecule has 1 aromatic heterocycles. The molecule has 0 fully saturated rings. The zero-order chi connectivity index (χ0) is 20.8. The van der Waals surface area contributed by atoms with Crippen molar-refractivity contribution < 1.29 is 14.3 Å². The molecule has 7 nitrogen and oxygen atoms in total. The van der Waals surface area contributed by atoms with Gasteiger partial charge >= 0.3 is 0 Å². The zero-order valence-electron chi connectivity index (χ0n) is 16.3. The molecular weight excluding hydrogens is 412 g/mol. The summed E-state index contributed by atoms with van der Waals surface area (Å²) in [6.45, 7) is 1.75. The van der Waals surface area contributed by atoms with Crippen LogP contribution in [-0.4, -0.2) is 52.5 Å². The second-order valence-electron chi connectivity index (χ2n) is 6.80. The Hall–Kier alpha value is -2.32. The third-order valence-electron chi connectivity index (χ3n) is 4.56. The standard InChI is InChI=1S/C20H23ClN4O3S/c1-12(26)25-18(3-4-29-2)20(27)24-10-16-6-14-5-13(7-17(21)19(14)28-16)15-8-22-11-23-9-15/h5,7-9,11,16,18H,3-4,6,10H2,1-2H3,(H,24,27)(H,25,26)/t16?,18-/m0/s1. The molecule has 0 radical (unpaired) electrons. The van der Waals surface area contributed by atoms with Crippen molar-refractivity contribution in [3.8, 4) is 16.9 Å². The molecule has 2 atom stereocenters. The van der Waals surface area contributed by atoms with Gasteiger partial charge in [0, 0.05) is 36.9 Å². The Morgan fingerprint density at radius 3 is 2.76 bits per heavy atom. The van der Waals surface area contributed by atoms with Crippen LogP contribution in [0.1, 0.15) is 18.9 Å². The van der Waals surface area contributed by atoms with Crippen molar-refractivity contribution in [3.63, 3.8) is 0 Å². The number of benzene rings is 1. The molecule has 2 amide bonds. The van der Waals surface area contributed by atoms with Crippen LogP contribution in [0.3, 0.4) is 0 Å². The molecule has 0 aliphatic carbocycles. The maximum Gasteiger partial charge on any atom is 0.242 e. The largest absolute Gasteiger partial charge is 0.486 e. The molecule has 3 rings (SSSR count). The number of ether oxygens (including phenoxy) is 1. The summed E-state index contributed by atoms with van der Waals surface area (Å²) < 4.78 is 5.95. The van der Waals surface area contributed by atoms with Crippen molar-refractivity contribution in [2.75, 3.05) is 18.6 Å². The fourth-order valence-corrected chi connectivity index (χ4v) is 3.96. The molecule has 0 spiro atoms. The summed E-state index contributed by atoms with van der Waals surface area (Å²) in [7, 11) is 0. The Balaban J connectivity index is 1.62. The van der Waals surface area contributed by atoms with E-state index in [9.17, 15) is 9.59 Å². The second-order valence-corrected chi connectivity index (χ2v) is 8.19. The lowest BCUT2D eigenvalue weighted by atomic mass is 10.0. The third kappa shape index (κ3) is 5.61. The minimum atomic E-state index is -0.544. The Labute approximate surface area is 179 Å². The first-order valence-electron chi connectivity index (χ1n) is 9.26. The molecule has 154 valence electrons. The zero-order valence-corrected chi connectivity index (χ0v) is 17.8. The molecule has 2 aromatic rings. The third-order valence-corrected chi connectivity index (χ3v) is 5.48. The Morgan fingerprint density at radius 2 is 2.07 bits per heavy atom. The van der Waals surface area contributed by atoms with E-state index >= 15 is 0 Å². The summed E-state index contributed by atoms with van der Waals surface area (Å²) in [6, 6.07) is 3.30. The highest BCUT2D eigenvalue weighted by Crippen LogP contribution is 2.39. The van der Waals surface area contributed by atoms with Crippen molar-refractivity contribution in [1.29, 1.82) is 0 Å². The average molecular weight is 435 g/mol. The van der Waals surface area contributed by atoms with E-state index in [1.165, 1.54) is 13.3 Å². The molecule has 1 aliphatic heterocycles. The highest BCUT2D eigenvalue weighted by atomic mass is 35.5. The average Bonchev–Trinajstić information content (AvgIpc) is 3.13. The van der Waals surface area contributed by atoms with Gasteiger partial charge in [-0.1, -0.05) is 11.6 Å². The van der Waals surface area contributed by atoms with Gasteiger partial charge in [-0.2, -0.15) is 11.8 Å². The fraction of sp³-hybridized carbons (Fsp3) is 0.400. The van der Waals surface area contributed by atoms with Crippen LogP contribution in [0, 0.1) is 0 Å². The van der Waals surface area contributed by atoms with Gasteiger partial charge in [0.05, 0.1) is 11.6 Å². The van der Waals surface area contributed by atoms with Crippen LogP contribution in [0.4, 0.5) is 0 Å². The first-order valence-corrected chi connectivity index (χ1v) is 11.0. The number of carbonyl (C=O) groups is 2. The highest BCUT2D eigenvalue weighted by Gasteiger charge is 2.27. The summed E-state index contributed by atoms with van der Waals surface area (Å²) in [4.78, 5) is 31.9. The predicted molar refractivity (Wildman–Crippen MR) is 114 cm³/mol. The minimum Gasteiger partial charge on any atom is -0.486 e. The molecule has 0 saturated carbocycles. The predicted octanol–water partition coefficient (Wildman–Crippen LogP) is 2.47. The lowest BCUT2D eigenvalue weighted by Crippen LogP contribution is -2.48. The molecule has 1 aliphatic rings. The lowest BCUT2D eigenvalue weighted by Gasteiger charge is -2.19. The summed E-state index contributed by atoms with van der Waals surface area (Å²) >= 11 is 8.05. The molecule has 9 heteroatoms. The van der Waals surface area contributed by atoms with Gasteiger partial charge in [-0.3, -0.25) is 9.59 Å². The molecule has 0 bridgehead atoms.